The lowest BCUT2D eigenvalue weighted by molar-refractivity contribution is -0.308. The van der Waals surface area contributed by atoms with Crippen LogP contribution in [0.3, 0.4) is 0 Å². The predicted octanol–water partition coefficient (Wildman–Crippen LogP) is -7.42. The standard InChI is InChI=1S/C23H47N5O11/c1-2-27-4-11-17(33)19(35)15(26)22(37-11)13-9(24)3-10(28-8(5-29)6-30)21(18(13)34)39-23-20(36)14(25)16(32)12(7-31)38-23/h8-23,27-36H,2-7,24-26H2,1H3/t9-,10+,11+,12+,13?,14-,15+,16+,17+,18-,19+,20+,21-,22+,23+/m0/s1. The molecule has 1 unspecified atom stereocenters. The van der Waals surface area contributed by atoms with Crippen LogP contribution in [-0.4, -0.2) is 165 Å². The van der Waals surface area contributed by atoms with E-state index in [1.807, 2.05) is 6.92 Å². The van der Waals surface area contributed by atoms with Gasteiger partial charge < -0.3 is 82.9 Å². The molecular weight excluding hydrogens is 522 g/mol. The van der Waals surface area contributed by atoms with E-state index >= 15 is 0 Å². The molecule has 0 aromatic rings. The number of rotatable bonds is 11. The molecule has 39 heavy (non-hydrogen) atoms. The summed E-state index contributed by atoms with van der Waals surface area (Å²) < 4.78 is 17.7. The number of hydrogen-bond acceptors (Lipinski definition) is 16. The Morgan fingerprint density at radius 1 is 0.846 bits per heavy atom. The van der Waals surface area contributed by atoms with E-state index in [-0.39, 0.29) is 13.0 Å². The van der Waals surface area contributed by atoms with Gasteiger partial charge in [0.1, 0.15) is 36.6 Å². The topological polar surface area (TPSA) is 292 Å². The Kier molecular flexibility index (Phi) is 12.2. The van der Waals surface area contributed by atoms with Gasteiger partial charge in [-0.05, 0) is 13.0 Å². The zero-order valence-corrected chi connectivity index (χ0v) is 22.0. The first-order valence-electron chi connectivity index (χ1n) is 13.4. The highest BCUT2D eigenvalue weighted by molar-refractivity contribution is 5.08. The quantitative estimate of drug-likeness (QED) is 0.110. The summed E-state index contributed by atoms with van der Waals surface area (Å²) in [7, 11) is 0. The average molecular weight is 570 g/mol. The number of likely N-dealkylation sites (N-methyl/N-ethyl adjacent to an activating group) is 1. The van der Waals surface area contributed by atoms with Gasteiger partial charge >= 0.3 is 0 Å². The van der Waals surface area contributed by atoms with Crippen molar-refractivity contribution in [2.45, 2.75) is 105 Å². The number of aliphatic hydroxyl groups is 8. The molecule has 0 amide bonds. The lowest BCUT2D eigenvalue weighted by atomic mass is 9.71. The summed E-state index contributed by atoms with van der Waals surface area (Å²) in [6.45, 7) is 1.17. The van der Waals surface area contributed by atoms with Gasteiger partial charge in [0.15, 0.2) is 6.29 Å². The Hall–Kier alpha value is -0.640. The molecule has 1 saturated carbocycles. The van der Waals surface area contributed by atoms with E-state index in [1.54, 1.807) is 0 Å². The monoisotopic (exact) mass is 569 g/mol. The SMILES string of the molecule is CCNC[C@H]1O[C@H](C2[C@@H](N)C[C@@H](NC(CO)CO)[C@H](O[C@H]3O[C@H](CO)[C@@H](O)[C@H](N)[C@H]3O)[C@H]2O)[C@H](N)[C@@H](O)[C@@H]1O. The second-order valence-electron chi connectivity index (χ2n) is 10.7. The van der Waals surface area contributed by atoms with Gasteiger partial charge in [-0.15, -0.1) is 0 Å². The minimum absolute atomic E-state index is 0.118. The third-order valence-corrected chi connectivity index (χ3v) is 8.08. The molecular formula is C23H47N5O11. The Bertz CT molecular complexity index is 741. The molecule has 2 saturated heterocycles. The van der Waals surface area contributed by atoms with Crippen LogP contribution in [0, 0.1) is 5.92 Å². The van der Waals surface area contributed by atoms with Gasteiger partial charge in [0.05, 0.1) is 56.3 Å². The van der Waals surface area contributed by atoms with Crippen molar-refractivity contribution >= 4 is 0 Å². The molecule has 2 heterocycles. The second-order valence-corrected chi connectivity index (χ2v) is 10.7. The molecule has 3 aliphatic rings. The van der Waals surface area contributed by atoms with Gasteiger partial charge in [0.2, 0.25) is 0 Å². The largest absolute Gasteiger partial charge is 0.395 e. The van der Waals surface area contributed by atoms with Gasteiger partial charge in [-0.3, -0.25) is 0 Å². The van der Waals surface area contributed by atoms with Crippen LogP contribution in [0.4, 0.5) is 0 Å². The summed E-state index contributed by atoms with van der Waals surface area (Å²) in [4.78, 5) is 0. The fourth-order valence-electron chi connectivity index (χ4n) is 5.74. The number of aliphatic hydroxyl groups excluding tert-OH is 8. The maximum Gasteiger partial charge on any atom is 0.186 e. The van der Waals surface area contributed by atoms with E-state index in [2.05, 4.69) is 10.6 Å². The van der Waals surface area contributed by atoms with Gasteiger partial charge in [0, 0.05) is 24.5 Å². The molecule has 1 aliphatic carbocycles. The molecule has 0 aromatic heterocycles. The van der Waals surface area contributed by atoms with Crippen LogP contribution < -0.4 is 27.8 Å². The van der Waals surface area contributed by atoms with Gasteiger partial charge in [0.25, 0.3) is 0 Å². The zero-order valence-electron chi connectivity index (χ0n) is 22.0. The van der Waals surface area contributed by atoms with Crippen LogP contribution in [0.15, 0.2) is 0 Å². The van der Waals surface area contributed by atoms with E-state index in [4.69, 9.17) is 31.4 Å². The summed E-state index contributed by atoms with van der Waals surface area (Å²) in [5, 5.41) is 88.5. The summed E-state index contributed by atoms with van der Waals surface area (Å²) >= 11 is 0. The second kappa shape index (κ2) is 14.5. The first-order valence-corrected chi connectivity index (χ1v) is 13.4. The summed E-state index contributed by atoms with van der Waals surface area (Å²) in [6, 6.07) is -4.70. The molecule has 0 aromatic carbocycles. The molecule has 0 spiro atoms. The lowest BCUT2D eigenvalue weighted by Gasteiger charge is -2.52. The third-order valence-electron chi connectivity index (χ3n) is 8.08. The molecule has 16 nitrogen and oxygen atoms in total. The molecule has 0 bridgehead atoms. The Balaban J connectivity index is 1.90. The number of ether oxygens (including phenoxy) is 3. The van der Waals surface area contributed by atoms with E-state index < -0.39 is 117 Å². The van der Waals surface area contributed by atoms with Crippen molar-refractivity contribution in [3.05, 3.63) is 0 Å². The lowest BCUT2D eigenvalue weighted by Crippen LogP contribution is -2.72. The highest BCUT2D eigenvalue weighted by Gasteiger charge is 2.55. The third kappa shape index (κ3) is 7.06. The van der Waals surface area contributed by atoms with E-state index in [0.29, 0.717) is 6.54 Å². The fraction of sp³-hybridized carbons (Fsp3) is 1.00. The number of hydrogen-bond donors (Lipinski definition) is 13. The van der Waals surface area contributed by atoms with Crippen LogP contribution in [0.2, 0.25) is 0 Å². The summed E-state index contributed by atoms with van der Waals surface area (Å²) in [5.74, 6) is -0.926. The summed E-state index contributed by atoms with van der Waals surface area (Å²) in [5.41, 5.74) is 18.7. The first kappa shape index (κ1) is 32.9. The molecule has 3 fully saturated rings. The zero-order chi connectivity index (χ0) is 29.0. The predicted molar refractivity (Wildman–Crippen MR) is 135 cm³/mol. The average Bonchev–Trinajstić information content (AvgIpc) is 2.92. The van der Waals surface area contributed by atoms with Crippen LogP contribution in [0.5, 0.6) is 0 Å². The van der Waals surface area contributed by atoms with Gasteiger partial charge in [-0.1, -0.05) is 6.92 Å². The summed E-state index contributed by atoms with van der Waals surface area (Å²) in [6.07, 6.45) is -12.6. The maximum atomic E-state index is 11.6. The van der Waals surface area contributed by atoms with Crippen LogP contribution >= 0.6 is 0 Å². The molecule has 230 valence electrons. The molecule has 0 radical (unpaired) electrons. The van der Waals surface area contributed by atoms with Crippen LogP contribution in [0.1, 0.15) is 13.3 Å². The minimum atomic E-state index is -1.54. The Morgan fingerprint density at radius 2 is 1.51 bits per heavy atom. The van der Waals surface area contributed by atoms with Crippen LogP contribution in [-0.2, 0) is 14.2 Å². The fourth-order valence-corrected chi connectivity index (χ4v) is 5.74. The molecule has 16 heteroatoms. The smallest absolute Gasteiger partial charge is 0.186 e. The van der Waals surface area contributed by atoms with Crippen molar-refractivity contribution in [3.8, 4) is 0 Å². The Morgan fingerprint density at radius 3 is 2.10 bits per heavy atom. The van der Waals surface area contributed by atoms with Crippen molar-refractivity contribution < 1.29 is 55.1 Å². The highest BCUT2D eigenvalue weighted by Crippen LogP contribution is 2.37. The molecule has 3 rings (SSSR count). The number of nitrogens with one attached hydrogen (secondary N) is 2. The highest BCUT2D eigenvalue weighted by atomic mass is 16.7. The molecule has 2 aliphatic heterocycles. The molecule has 16 N–H and O–H groups in total. The van der Waals surface area contributed by atoms with Crippen molar-refractivity contribution in [1.82, 2.24) is 10.6 Å². The Labute approximate surface area is 227 Å². The van der Waals surface area contributed by atoms with E-state index in [1.165, 1.54) is 0 Å². The first-order chi connectivity index (χ1) is 18.5. The van der Waals surface area contributed by atoms with Crippen molar-refractivity contribution in [2.75, 3.05) is 32.9 Å². The van der Waals surface area contributed by atoms with Crippen molar-refractivity contribution in [3.63, 3.8) is 0 Å². The molecule has 15 atom stereocenters. The van der Waals surface area contributed by atoms with Crippen molar-refractivity contribution in [1.29, 1.82) is 0 Å². The van der Waals surface area contributed by atoms with E-state index in [9.17, 15) is 40.9 Å². The van der Waals surface area contributed by atoms with E-state index in [0.717, 1.165) is 0 Å². The van der Waals surface area contributed by atoms with Crippen LogP contribution in [0.25, 0.3) is 0 Å². The normalized spacial score (nSPS) is 47.5. The van der Waals surface area contributed by atoms with Gasteiger partial charge in [-0.25, -0.2) is 0 Å². The van der Waals surface area contributed by atoms with Crippen molar-refractivity contribution in [2.24, 2.45) is 23.1 Å². The van der Waals surface area contributed by atoms with Gasteiger partial charge in [-0.2, -0.15) is 0 Å². The minimum Gasteiger partial charge on any atom is -0.395 e. The maximum absolute atomic E-state index is 11.6. The number of nitrogens with two attached hydrogens (primary N) is 3.